The summed E-state index contributed by atoms with van der Waals surface area (Å²) in [5.74, 6) is 0. The molecular weight excluding hydrogens is 472 g/mol. The van der Waals surface area contributed by atoms with Gasteiger partial charge in [-0.1, -0.05) is 107 Å². The zero-order valence-electron chi connectivity index (χ0n) is 27.6. The maximum atomic E-state index is 8.33. The molecule has 0 radical (unpaired) electrons. The number of nitrogens with zero attached hydrogens (tertiary/aromatic N) is 2. The SMILES string of the molecule is CCCC[N+](CCCC)(CCCC)CCCC.CCCC[N+](CCCC)(CCCC)CCCC.O=C([O-])[O-]. The van der Waals surface area contributed by atoms with Gasteiger partial charge in [-0.3, -0.25) is 0 Å². The van der Waals surface area contributed by atoms with Gasteiger partial charge in [0.25, 0.3) is 0 Å². The molecular formula is C33H72N2O3. The van der Waals surface area contributed by atoms with Crippen LogP contribution >= 0.6 is 0 Å². The Bertz CT molecular complexity index is 356. The lowest BCUT2D eigenvalue weighted by molar-refractivity contribution is -0.929. The molecule has 0 unspecified atom stereocenters. The van der Waals surface area contributed by atoms with Crippen molar-refractivity contribution < 1.29 is 24.0 Å². The summed E-state index contributed by atoms with van der Waals surface area (Å²) < 4.78 is 2.84. The lowest BCUT2D eigenvalue weighted by atomic mass is 10.1. The molecule has 0 atom stereocenters. The normalized spacial score (nSPS) is 11.4. The molecule has 0 saturated heterocycles. The summed E-state index contributed by atoms with van der Waals surface area (Å²) in [5, 5.41) is 16.7. The maximum absolute atomic E-state index is 8.33. The van der Waals surface area contributed by atoms with E-state index in [1.54, 1.807) is 0 Å². The number of carbonyl (C=O) groups excluding carboxylic acids is 1. The van der Waals surface area contributed by atoms with Crippen LogP contribution in [-0.2, 0) is 0 Å². The minimum absolute atomic E-state index is 1.35. The highest BCUT2D eigenvalue weighted by Gasteiger charge is 2.25. The van der Waals surface area contributed by atoms with Gasteiger partial charge in [-0.05, 0) is 57.5 Å². The molecule has 0 aromatic carbocycles. The molecule has 0 fully saturated rings. The van der Waals surface area contributed by atoms with Gasteiger partial charge in [-0.15, -0.1) is 0 Å². The van der Waals surface area contributed by atoms with Crippen molar-refractivity contribution in [2.75, 3.05) is 52.4 Å². The number of carbonyl (C=O) groups is 1. The van der Waals surface area contributed by atoms with Crippen LogP contribution in [0.4, 0.5) is 4.79 Å². The number of unbranched alkanes of at least 4 members (excludes halogenated alkanes) is 8. The van der Waals surface area contributed by atoms with Crippen LogP contribution in [0.15, 0.2) is 0 Å². The summed E-state index contributed by atoms with van der Waals surface area (Å²) in [5.41, 5.74) is 0. The van der Waals surface area contributed by atoms with E-state index < -0.39 is 6.16 Å². The largest absolute Gasteiger partial charge is 0.652 e. The second kappa shape index (κ2) is 30.7. The lowest BCUT2D eigenvalue weighted by Gasteiger charge is -2.39. The van der Waals surface area contributed by atoms with Crippen LogP contribution in [0.5, 0.6) is 0 Å². The number of carboxylic acid groups (broad SMARTS) is 2. The van der Waals surface area contributed by atoms with Gasteiger partial charge in [-0.25, -0.2) is 0 Å². The highest BCUT2D eigenvalue weighted by molar-refractivity contribution is 5.47. The van der Waals surface area contributed by atoms with E-state index in [2.05, 4.69) is 55.4 Å². The number of rotatable bonds is 24. The van der Waals surface area contributed by atoms with E-state index in [1.807, 2.05) is 0 Å². The Hall–Kier alpha value is -0.810. The van der Waals surface area contributed by atoms with E-state index in [9.17, 15) is 0 Å². The van der Waals surface area contributed by atoms with Gasteiger partial charge in [-0.2, -0.15) is 0 Å². The van der Waals surface area contributed by atoms with Crippen LogP contribution in [0.25, 0.3) is 0 Å². The first-order valence-electron chi connectivity index (χ1n) is 16.8. The van der Waals surface area contributed by atoms with Crippen LogP contribution in [0.2, 0.25) is 0 Å². The zero-order chi connectivity index (χ0) is 29.5. The predicted molar refractivity (Wildman–Crippen MR) is 164 cm³/mol. The number of quaternary nitrogens is 2. The van der Waals surface area contributed by atoms with E-state index in [4.69, 9.17) is 15.0 Å². The third-order valence-corrected chi connectivity index (χ3v) is 7.89. The van der Waals surface area contributed by atoms with Crippen molar-refractivity contribution in [3.63, 3.8) is 0 Å². The fourth-order valence-electron chi connectivity index (χ4n) is 5.29. The molecule has 0 spiro atoms. The van der Waals surface area contributed by atoms with Crippen molar-refractivity contribution in [2.45, 2.75) is 158 Å². The van der Waals surface area contributed by atoms with Crippen LogP contribution in [0.3, 0.4) is 0 Å². The van der Waals surface area contributed by atoms with E-state index in [1.165, 1.54) is 164 Å². The Balaban J connectivity index is -0.000000564. The second-order valence-corrected chi connectivity index (χ2v) is 11.6. The summed E-state index contributed by atoms with van der Waals surface area (Å²) >= 11 is 0. The second-order valence-electron chi connectivity index (χ2n) is 11.6. The van der Waals surface area contributed by atoms with Crippen LogP contribution < -0.4 is 10.2 Å². The monoisotopic (exact) mass is 545 g/mol. The van der Waals surface area contributed by atoms with E-state index in [0.29, 0.717) is 0 Å². The number of hydrogen-bond acceptors (Lipinski definition) is 3. The molecule has 0 saturated carbocycles. The summed E-state index contributed by atoms with van der Waals surface area (Å²) in [6.07, 6.45) is 19.8. The molecule has 0 aliphatic rings. The van der Waals surface area contributed by atoms with Crippen LogP contribution in [-0.4, -0.2) is 67.5 Å². The van der Waals surface area contributed by atoms with Gasteiger partial charge in [0.15, 0.2) is 0 Å². The quantitative estimate of drug-likeness (QED) is 0.118. The molecule has 0 heterocycles. The topological polar surface area (TPSA) is 63.2 Å². The minimum Gasteiger partial charge on any atom is -0.652 e. The molecule has 0 bridgehead atoms. The summed E-state index contributed by atoms with van der Waals surface area (Å²) in [6, 6.07) is 0. The van der Waals surface area contributed by atoms with Crippen molar-refractivity contribution >= 4 is 6.16 Å². The number of hydrogen-bond donors (Lipinski definition) is 0. The molecule has 5 nitrogen and oxygen atoms in total. The molecule has 0 aliphatic carbocycles. The van der Waals surface area contributed by atoms with Crippen molar-refractivity contribution in [3.05, 3.63) is 0 Å². The summed E-state index contributed by atoms with van der Waals surface area (Å²) in [4.78, 5) is 8.33. The molecule has 0 amide bonds. The van der Waals surface area contributed by atoms with Crippen molar-refractivity contribution in [3.8, 4) is 0 Å². The van der Waals surface area contributed by atoms with Gasteiger partial charge >= 0.3 is 0 Å². The zero-order valence-corrected chi connectivity index (χ0v) is 27.6. The average molecular weight is 545 g/mol. The van der Waals surface area contributed by atoms with Crippen LogP contribution in [0, 0.1) is 0 Å². The van der Waals surface area contributed by atoms with E-state index in [-0.39, 0.29) is 0 Å². The Morgan fingerprint density at radius 3 is 0.553 bits per heavy atom. The van der Waals surface area contributed by atoms with Crippen LogP contribution in [0.1, 0.15) is 158 Å². The molecule has 38 heavy (non-hydrogen) atoms. The Morgan fingerprint density at radius 1 is 0.368 bits per heavy atom. The van der Waals surface area contributed by atoms with Gasteiger partial charge < -0.3 is 24.0 Å². The third kappa shape index (κ3) is 26.8. The molecule has 0 aromatic rings. The predicted octanol–water partition coefficient (Wildman–Crippen LogP) is 7.56. The van der Waals surface area contributed by atoms with Gasteiger partial charge in [0.05, 0.1) is 52.4 Å². The maximum Gasteiger partial charge on any atom is 0.0786 e. The Labute approximate surface area is 240 Å². The average Bonchev–Trinajstić information content (AvgIpc) is 2.91. The molecule has 0 aliphatic heterocycles. The van der Waals surface area contributed by atoms with E-state index in [0.717, 1.165) is 0 Å². The van der Waals surface area contributed by atoms with Gasteiger partial charge in [0.2, 0.25) is 0 Å². The van der Waals surface area contributed by atoms with Crippen molar-refractivity contribution in [1.29, 1.82) is 0 Å². The Kier molecular flexibility index (Phi) is 33.7. The van der Waals surface area contributed by atoms with Gasteiger partial charge in [0, 0.05) is 0 Å². The molecule has 232 valence electrons. The molecule has 0 rings (SSSR count). The lowest BCUT2D eigenvalue weighted by Crippen LogP contribution is -2.50. The first-order chi connectivity index (χ1) is 18.2. The van der Waals surface area contributed by atoms with Gasteiger partial charge in [0.1, 0.15) is 0 Å². The summed E-state index contributed by atoms with van der Waals surface area (Å²) in [6.45, 7) is 30.0. The highest BCUT2D eigenvalue weighted by atomic mass is 16.6. The molecule has 0 aromatic heterocycles. The molecule has 5 heteroatoms. The van der Waals surface area contributed by atoms with Crippen molar-refractivity contribution in [2.24, 2.45) is 0 Å². The van der Waals surface area contributed by atoms with Crippen molar-refractivity contribution in [1.82, 2.24) is 0 Å². The first kappa shape index (κ1) is 41.7. The third-order valence-electron chi connectivity index (χ3n) is 7.89. The summed E-state index contributed by atoms with van der Waals surface area (Å²) in [7, 11) is 0. The van der Waals surface area contributed by atoms with E-state index >= 15 is 0 Å². The first-order valence-corrected chi connectivity index (χ1v) is 16.8. The Morgan fingerprint density at radius 2 is 0.474 bits per heavy atom. The molecule has 0 N–H and O–H groups in total. The fourth-order valence-corrected chi connectivity index (χ4v) is 5.29. The smallest absolute Gasteiger partial charge is 0.0786 e. The fraction of sp³-hybridized carbons (Fsp3) is 0.970. The standard InChI is InChI=1S/2C16H36N.CH2O3/c2*1-5-9-13-17(14-10-6-2,15-11-7-3)16-12-8-4;2-1(3)4/h2*5-16H2,1-4H3;(H2,2,3,4)/q2*+1;/p-2. The minimum atomic E-state index is -2.33. The highest BCUT2D eigenvalue weighted by Crippen LogP contribution is 2.17.